The van der Waals surface area contributed by atoms with E-state index >= 15 is 0 Å². The van der Waals surface area contributed by atoms with Gasteiger partial charge in [-0.25, -0.2) is 4.79 Å². The van der Waals surface area contributed by atoms with E-state index < -0.39 is 16.7 Å². The van der Waals surface area contributed by atoms with Crippen LogP contribution in [0.25, 0.3) is 0 Å². The topological polar surface area (TPSA) is 106 Å². The zero-order chi connectivity index (χ0) is 11.9. The maximum atomic E-state index is 10.7. The summed E-state index contributed by atoms with van der Waals surface area (Å²) < 4.78 is 22.2. The van der Waals surface area contributed by atoms with Gasteiger partial charge >= 0.3 is 5.97 Å². The quantitative estimate of drug-likeness (QED) is 0.633. The largest absolute Gasteiger partial charge is 0.477 e. The van der Waals surface area contributed by atoms with Crippen LogP contribution >= 0.6 is 10.8 Å². The first kappa shape index (κ1) is 11.2. The van der Waals surface area contributed by atoms with Crippen molar-refractivity contribution in [1.29, 1.82) is 0 Å². The third-order valence-electron chi connectivity index (χ3n) is 2.30. The van der Waals surface area contributed by atoms with E-state index in [1.807, 2.05) is 0 Å². The number of H-pyrrole nitrogens is 1. The summed E-state index contributed by atoms with van der Waals surface area (Å²) in [6.07, 6.45) is 2.19. The molecule has 0 unspecified atom stereocenters. The van der Waals surface area contributed by atoms with E-state index in [0.717, 1.165) is 11.3 Å². The molecule has 0 radical (unpaired) electrons. The highest BCUT2D eigenvalue weighted by molar-refractivity contribution is 8.22. The Hall–Kier alpha value is -1.31. The van der Waals surface area contributed by atoms with Gasteiger partial charge in [0.2, 0.25) is 0 Å². The molecule has 1 heterocycles. The molecule has 0 aliphatic heterocycles. The molecule has 0 saturated heterocycles. The normalized spacial score (nSPS) is 18.8. The lowest BCUT2D eigenvalue weighted by Crippen LogP contribution is -2.03. The second kappa shape index (κ2) is 3.62. The Morgan fingerprint density at radius 3 is 2.69 bits per heavy atom. The number of aromatic carboxylic acids is 1. The fraction of sp³-hybridized carbons (Fsp3) is 0.333. The minimum Gasteiger partial charge on any atom is -0.477 e. The van der Waals surface area contributed by atoms with Gasteiger partial charge in [0, 0.05) is 30.5 Å². The summed E-state index contributed by atoms with van der Waals surface area (Å²) in [6, 6.07) is 1.56. The average molecular weight is 244 g/mol. The average Bonchev–Trinajstić information content (AvgIpc) is 2.56. The van der Waals surface area contributed by atoms with Crippen LogP contribution in [0.2, 0.25) is 0 Å². The minimum absolute atomic E-state index is 0.159. The Morgan fingerprint density at radius 1 is 1.50 bits per heavy atom. The molecule has 1 aliphatic rings. The van der Waals surface area contributed by atoms with Gasteiger partial charge in [0.15, 0.2) is 0 Å². The summed E-state index contributed by atoms with van der Waals surface area (Å²) in [7, 11) is -2.87. The van der Waals surface area contributed by atoms with Gasteiger partial charge in [0.25, 0.3) is 0 Å². The van der Waals surface area contributed by atoms with Crippen molar-refractivity contribution in [2.24, 2.45) is 4.40 Å². The molecule has 0 spiro atoms. The number of carbonyl (C=O) groups is 1. The lowest BCUT2D eigenvalue weighted by molar-refractivity contribution is 0.0691. The van der Waals surface area contributed by atoms with Gasteiger partial charge < -0.3 is 10.1 Å². The SMILES string of the molecule is CS(O)(O)N=C1Cc2cc(C(=O)O)[nH]c2C1. The van der Waals surface area contributed by atoms with Crippen molar-refractivity contribution in [2.45, 2.75) is 12.8 Å². The maximum Gasteiger partial charge on any atom is 0.352 e. The van der Waals surface area contributed by atoms with E-state index in [2.05, 4.69) is 9.38 Å². The van der Waals surface area contributed by atoms with E-state index in [1.54, 1.807) is 6.07 Å². The van der Waals surface area contributed by atoms with Gasteiger partial charge in [0.1, 0.15) is 5.69 Å². The van der Waals surface area contributed by atoms with Crippen molar-refractivity contribution in [3.05, 3.63) is 23.0 Å². The van der Waals surface area contributed by atoms with Crippen molar-refractivity contribution >= 4 is 22.5 Å². The lowest BCUT2D eigenvalue weighted by atomic mass is 10.2. The van der Waals surface area contributed by atoms with E-state index in [-0.39, 0.29) is 5.69 Å². The predicted octanol–water partition coefficient (Wildman–Crippen LogP) is 1.55. The molecule has 88 valence electrons. The molecular formula is C9H12N2O4S. The molecule has 1 aliphatic carbocycles. The molecule has 0 fully saturated rings. The Bertz CT molecular complexity index is 447. The zero-order valence-corrected chi connectivity index (χ0v) is 9.41. The molecule has 1 aromatic rings. The molecule has 1 aromatic heterocycles. The van der Waals surface area contributed by atoms with Crippen LogP contribution in [0.5, 0.6) is 0 Å². The molecule has 0 saturated carbocycles. The first-order chi connectivity index (χ1) is 7.35. The number of rotatable bonds is 2. The van der Waals surface area contributed by atoms with Gasteiger partial charge in [-0.1, -0.05) is 0 Å². The van der Waals surface area contributed by atoms with Gasteiger partial charge in [0.05, 0.1) is 0 Å². The van der Waals surface area contributed by atoms with Gasteiger partial charge in [-0.15, -0.1) is 10.8 Å². The van der Waals surface area contributed by atoms with E-state index in [1.165, 1.54) is 6.26 Å². The fourth-order valence-corrected chi connectivity index (χ4v) is 2.38. The van der Waals surface area contributed by atoms with Crippen molar-refractivity contribution < 1.29 is 19.0 Å². The van der Waals surface area contributed by atoms with Crippen molar-refractivity contribution in [3.63, 3.8) is 0 Å². The predicted molar refractivity (Wildman–Crippen MR) is 61.4 cm³/mol. The summed E-state index contributed by atoms with van der Waals surface area (Å²) in [4.78, 5) is 13.5. The Balaban J connectivity index is 2.21. The first-order valence-corrected chi connectivity index (χ1v) is 6.51. The number of carboxylic acid groups (broad SMARTS) is 1. The fourth-order valence-electron chi connectivity index (χ4n) is 1.77. The van der Waals surface area contributed by atoms with Crippen LogP contribution in [0.1, 0.15) is 21.7 Å². The van der Waals surface area contributed by atoms with Crippen LogP contribution in [0.4, 0.5) is 0 Å². The third-order valence-corrected chi connectivity index (χ3v) is 2.90. The van der Waals surface area contributed by atoms with Crippen LogP contribution in [0, 0.1) is 0 Å². The second-order valence-electron chi connectivity index (χ2n) is 3.80. The molecule has 2 rings (SSSR count). The number of hydrogen-bond donors (Lipinski definition) is 4. The van der Waals surface area contributed by atoms with Crippen LogP contribution < -0.4 is 0 Å². The van der Waals surface area contributed by atoms with E-state index in [4.69, 9.17) is 5.11 Å². The van der Waals surface area contributed by atoms with Crippen LogP contribution in [0.3, 0.4) is 0 Å². The second-order valence-corrected chi connectivity index (χ2v) is 5.56. The van der Waals surface area contributed by atoms with Gasteiger partial charge in [-0.3, -0.25) is 9.11 Å². The molecule has 16 heavy (non-hydrogen) atoms. The van der Waals surface area contributed by atoms with E-state index in [0.29, 0.717) is 18.6 Å². The monoisotopic (exact) mass is 244 g/mol. The van der Waals surface area contributed by atoms with Gasteiger partial charge in [-0.2, -0.15) is 4.40 Å². The molecule has 0 aromatic carbocycles. The Kier molecular flexibility index (Phi) is 2.53. The molecule has 7 heteroatoms. The highest BCUT2D eigenvalue weighted by atomic mass is 32.3. The highest BCUT2D eigenvalue weighted by Crippen LogP contribution is 2.37. The third kappa shape index (κ3) is 2.26. The van der Waals surface area contributed by atoms with Gasteiger partial charge in [-0.05, 0) is 11.6 Å². The Morgan fingerprint density at radius 2 is 2.19 bits per heavy atom. The highest BCUT2D eigenvalue weighted by Gasteiger charge is 2.22. The molecule has 4 N–H and O–H groups in total. The van der Waals surface area contributed by atoms with Crippen molar-refractivity contribution in [1.82, 2.24) is 4.98 Å². The molecule has 0 amide bonds. The summed E-state index contributed by atoms with van der Waals surface area (Å²) in [5, 5.41) is 8.76. The van der Waals surface area contributed by atoms with Crippen molar-refractivity contribution in [3.8, 4) is 0 Å². The number of fused-ring (bicyclic) bond motifs is 1. The Labute approximate surface area is 93.5 Å². The molecular weight excluding hydrogens is 232 g/mol. The maximum absolute atomic E-state index is 10.7. The number of aromatic nitrogens is 1. The van der Waals surface area contributed by atoms with Crippen LogP contribution in [-0.4, -0.2) is 37.1 Å². The molecule has 0 atom stereocenters. The standard InChI is InChI=1S/C9H12N2O4S/c1-16(14,15)11-6-2-5-3-8(9(12)13)10-7(5)4-6/h3,10,14-15H,2,4H2,1H3,(H,12,13). The summed E-state index contributed by atoms with van der Waals surface area (Å²) >= 11 is 0. The molecule has 6 nitrogen and oxygen atoms in total. The summed E-state index contributed by atoms with van der Waals surface area (Å²) in [5.74, 6) is -0.993. The smallest absolute Gasteiger partial charge is 0.352 e. The summed E-state index contributed by atoms with van der Waals surface area (Å²) in [5.41, 5.74) is 2.48. The minimum atomic E-state index is -2.87. The van der Waals surface area contributed by atoms with Crippen molar-refractivity contribution in [2.75, 3.05) is 6.26 Å². The van der Waals surface area contributed by atoms with E-state index in [9.17, 15) is 13.9 Å². The number of aromatic amines is 1. The number of hydrogen-bond acceptors (Lipinski definition) is 4. The van der Waals surface area contributed by atoms with Crippen LogP contribution in [-0.2, 0) is 12.8 Å². The molecule has 0 bridgehead atoms. The number of nitrogens with zero attached hydrogens (tertiary/aromatic N) is 1. The number of carboxylic acids is 1. The van der Waals surface area contributed by atoms with Crippen LogP contribution in [0.15, 0.2) is 10.5 Å². The zero-order valence-electron chi connectivity index (χ0n) is 8.60. The number of nitrogens with one attached hydrogen (secondary N) is 1. The first-order valence-electron chi connectivity index (χ1n) is 4.60. The summed E-state index contributed by atoms with van der Waals surface area (Å²) in [6.45, 7) is 0. The lowest BCUT2D eigenvalue weighted by Gasteiger charge is -2.21.